The Hall–Kier alpha value is -2.00. The third-order valence-corrected chi connectivity index (χ3v) is 5.51. The van der Waals surface area contributed by atoms with Gasteiger partial charge in [-0.05, 0) is 73.2 Å². The molecule has 0 bridgehead atoms. The van der Waals surface area contributed by atoms with Crippen molar-refractivity contribution < 1.29 is 9.18 Å². The Bertz CT molecular complexity index is 732. The highest BCUT2D eigenvalue weighted by Crippen LogP contribution is 2.53. The summed E-state index contributed by atoms with van der Waals surface area (Å²) in [6, 6.07) is 14.3. The summed E-state index contributed by atoms with van der Waals surface area (Å²) in [6.45, 7) is 1.92. The summed E-state index contributed by atoms with van der Waals surface area (Å²) < 4.78 is 13.2. The van der Waals surface area contributed by atoms with E-state index in [1.165, 1.54) is 23.3 Å². The molecule has 118 valence electrons. The molecule has 1 aliphatic carbocycles. The number of nitrogens with one attached hydrogen (secondary N) is 1. The van der Waals surface area contributed by atoms with Gasteiger partial charge in [0, 0.05) is 5.56 Å². The van der Waals surface area contributed by atoms with Crippen LogP contribution in [0.2, 0.25) is 0 Å². The van der Waals surface area contributed by atoms with E-state index in [1.807, 2.05) is 6.07 Å². The smallest absolute Gasteiger partial charge is 0.170 e. The molecule has 1 spiro atoms. The van der Waals surface area contributed by atoms with Crippen LogP contribution in [0.15, 0.2) is 48.5 Å². The first-order valence-corrected chi connectivity index (χ1v) is 8.28. The molecule has 1 N–H and O–H groups in total. The predicted molar refractivity (Wildman–Crippen MR) is 88.2 cm³/mol. The van der Waals surface area contributed by atoms with Crippen molar-refractivity contribution in [2.75, 3.05) is 13.1 Å². The molecular formula is C20H20FNO. The van der Waals surface area contributed by atoms with Crippen molar-refractivity contribution in [3.8, 4) is 0 Å². The average Bonchev–Trinajstić information content (AvgIpc) is 2.88. The van der Waals surface area contributed by atoms with Gasteiger partial charge in [0.25, 0.3) is 0 Å². The number of piperidine rings is 1. The van der Waals surface area contributed by atoms with E-state index in [0.29, 0.717) is 5.56 Å². The first kappa shape index (κ1) is 14.6. The number of carbonyl (C=O) groups excluding carboxylic acids is 1. The number of carbonyl (C=O) groups is 1. The van der Waals surface area contributed by atoms with E-state index in [4.69, 9.17) is 0 Å². The summed E-state index contributed by atoms with van der Waals surface area (Å²) in [5, 5.41) is 3.41. The molecule has 23 heavy (non-hydrogen) atoms. The first-order valence-electron chi connectivity index (χ1n) is 8.28. The van der Waals surface area contributed by atoms with Crippen LogP contribution < -0.4 is 5.32 Å². The minimum absolute atomic E-state index is 0.0143. The molecule has 2 nitrogen and oxygen atoms in total. The van der Waals surface area contributed by atoms with Crippen LogP contribution in [0, 0.1) is 11.2 Å². The van der Waals surface area contributed by atoms with Crippen LogP contribution in [0.25, 0.3) is 0 Å². The minimum atomic E-state index is -0.301. The maximum absolute atomic E-state index is 13.3. The first-order chi connectivity index (χ1) is 11.2. The lowest BCUT2D eigenvalue weighted by Gasteiger charge is -2.39. The molecule has 0 saturated carbocycles. The van der Waals surface area contributed by atoms with Gasteiger partial charge in [-0.3, -0.25) is 4.79 Å². The molecule has 1 aliphatic heterocycles. The van der Waals surface area contributed by atoms with Crippen LogP contribution >= 0.6 is 0 Å². The van der Waals surface area contributed by atoms with Crippen molar-refractivity contribution in [2.45, 2.75) is 25.2 Å². The molecule has 2 aromatic carbocycles. The van der Waals surface area contributed by atoms with Crippen LogP contribution in [0.5, 0.6) is 0 Å². The van der Waals surface area contributed by atoms with E-state index in [-0.39, 0.29) is 22.9 Å². The molecule has 1 atom stereocenters. The van der Waals surface area contributed by atoms with Crippen LogP contribution in [0.1, 0.15) is 40.2 Å². The zero-order valence-corrected chi connectivity index (χ0v) is 13.0. The lowest BCUT2D eigenvalue weighted by atomic mass is 9.67. The Morgan fingerprint density at radius 2 is 1.74 bits per heavy atom. The molecule has 1 saturated heterocycles. The third-order valence-electron chi connectivity index (χ3n) is 5.51. The Kier molecular flexibility index (Phi) is 3.53. The third kappa shape index (κ3) is 2.40. The Labute approximate surface area is 135 Å². The molecule has 0 radical (unpaired) electrons. The van der Waals surface area contributed by atoms with Crippen LogP contribution in [-0.2, 0) is 6.42 Å². The number of halogens is 1. The van der Waals surface area contributed by atoms with Gasteiger partial charge in [0.1, 0.15) is 5.82 Å². The fourth-order valence-electron chi connectivity index (χ4n) is 4.38. The lowest BCUT2D eigenvalue weighted by Crippen LogP contribution is -2.41. The van der Waals surface area contributed by atoms with Crippen LogP contribution in [0.4, 0.5) is 4.39 Å². The van der Waals surface area contributed by atoms with E-state index in [0.717, 1.165) is 32.4 Å². The molecule has 4 rings (SSSR count). The van der Waals surface area contributed by atoms with Crippen molar-refractivity contribution in [3.63, 3.8) is 0 Å². The van der Waals surface area contributed by atoms with E-state index >= 15 is 0 Å². The molecule has 1 heterocycles. The Morgan fingerprint density at radius 1 is 1.04 bits per heavy atom. The summed E-state index contributed by atoms with van der Waals surface area (Å²) in [4.78, 5) is 13.3. The molecular weight excluding hydrogens is 289 g/mol. The van der Waals surface area contributed by atoms with Crippen molar-refractivity contribution in [1.82, 2.24) is 5.32 Å². The maximum atomic E-state index is 13.3. The number of hydrogen-bond acceptors (Lipinski definition) is 2. The maximum Gasteiger partial charge on any atom is 0.170 e. The number of ketones is 1. The van der Waals surface area contributed by atoms with Crippen molar-refractivity contribution in [2.24, 2.45) is 5.41 Å². The van der Waals surface area contributed by atoms with Crippen LogP contribution in [0.3, 0.4) is 0 Å². The second kappa shape index (κ2) is 5.57. The highest BCUT2D eigenvalue weighted by atomic mass is 19.1. The number of benzene rings is 2. The molecule has 2 aromatic rings. The molecule has 0 amide bonds. The zero-order chi connectivity index (χ0) is 15.9. The standard InChI is InChI=1S/C20H20FNO/c21-16-7-5-14(6-8-16)19(23)18-17-4-2-1-3-15(17)13-20(18)9-11-22-12-10-20/h1-8,18,22H,9-13H2. The monoisotopic (exact) mass is 309 g/mol. The second-order valence-corrected chi connectivity index (χ2v) is 6.79. The molecule has 1 unspecified atom stereocenters. The summed E-state index contributed by atoms with van der Waals surface area (Å²) >= 11 is 0. The van der Waals surface area contributed by atoms with Gasteiger partial charge < -0.3 is 5.32 Å². The van der Waals surface area contributed by atoms with Gasteiger partial charge >= 0.3 is 0 Å². The summed E-state index contributed by atoms with van der Waals surface area (Å²) in [5.74, 6) is -0.270. The van der Waals surface area contributed by atoms with Crippen molar-refractivity contribution in [3.05, 3.63) is 71.0 Å². The van der Waals surface area contributed by atoms with E-state index in [1.54, 1.807) is 12.1 Å². The van der Waals surface area contributed by atoms with Gasteiger partial charge in [0.05, 0.1) is 5.92 Å². The summed E-state index contributed by atoms with van der Waals surface area (Å²) in [7, 11) is 0. The molecule has 0 aromatic heterocycles. The Morgan fingerprint density at radius 3 is 2.48 bits per heavy atom. The molecule has 1 fully saturated rings. The van der Waals surface area contributed by atoms with Gasteiger partial charge in [0.2, 0.25) is 0 Å². The zero-order valence-electron chi connectivity index (χ0n) is 13.0. The van der Waals surface area contributed by atoms with Crippen molar-refractivity contribution >= 4 is 5.78 Å². The quantitative estimate of drug-likeness (QED) is 0.857. The van der Waals surface area contributed by atoms with E-state index < -0.39 is 0 Å². The van der Waals surface area contributed by atoms with Crippen molar-refractivity contribution in [1.29, 1.82) is 0 Å². The van der Waals surface area contributed by atoms with E-state index in [9.17, 15) is 9.18 Å². The molecule has 3 heteroatoms. The summed E-state index contributed by atoms with van der Waals surface area (Å²) in [6.07, 6.45) is 3.00. The van der Waals surface area contributed by atoms with Crippen LogP contribution in [-0.4, -0.2) is 18.9 Å². The minimum Gasteiger partial charge on any atom is -0.317 e. The average molecular weight is 309 g/mol. The normalized spacial score (nSPS) is 22.0. The SMILES string of the molecule is O=C(c1ccc(F)cc1)C1c2ccccc2CC12CCNCC2. The van der Waals surface area contributed by atoms with Gasteiger partial charge in [0.15, 0.2) is 5.78 Å². The van der Waals surface area contributed by atoms with Gasteiger partial charge in [-0.1, -0.05) is 24.3 Å². The highest BCUT2D eigenvalue weighted by Gasteiger charge is 2.49. The predicted octanol–water partition coefficient (Wildman–Crippen LogP) is 3.72. The van der Waals surface area contributed by atoms with E-state index in [2.05, 4.69) is 23.5 Å². The topological polar surface area (TPSA) is 29.1 Å². The largest absolute Gasteiger partial charge is 0.317 e. The van der Waals surface area contributed by atoms with Gasteiger partial charge in [-0.25, -0.2) is 4.39 Å². The van der Waals surface area contributed by atoms with Gasteiger partial charge in [-0.15, -0.1) is 0 Å². The highest BCUT2D eigenvalue weighted by molar-refractivity contribution is 6.02. The fraction of sp³-hybridized carbons (Fsp3) is 0.350. The lowest BCUT2D eigenvalue weighted by molar-refractivity contribution is 0.0823. The Balaban J connectivity index is 1.78. The van der Waals surface area contributed by atoms with Gasteiger partial charge in [-0.2, -0.15) is 0 Å². The number of hydrogen-bond donors (Lipinski definition) is 1. The molecule has 2 aliphatic rings. The second-order valence-electron chi connectivity index (χ2n) is 6.79. The fourth-order valence-corrected chi connectivity index (χ4v) is 4.38. The number of Topliss-reactive ketones (excluding diaryl/α,β-unsaturated/α-hetero) is 1. The summed E-state index contributed by atoms with van der Waals surface area (Å²) in [5.41, 5.74) is 3.10. The number of fused-ring (bicyclic) bond motifs is 1. The number of rotatable bonds is 2.